The number of nitrogens with zero attached hydrogens (tertiary/aromatic N) is 4. The smallest absolute Gasteiger partial charge is 0.225 e. The second-order valence-electron chi connectivity index (χ2n) is 5.24. The fourth-order valence-corrected chi connectivity index (χ4v) is 2.31. The maximum atomic E-state index is 14.2. The average molecular weight is 334 g/mol. The van der Waals surface area contributed by atoms with Gasteiger partial charge in [0.25, 0.3) is 0 Å². The minimum absolute atomic E-state index is 0.0484. The van der Waals surface area contributed by atoms with Crippen molar-refractivity contribution in [1.29, 1.82) is 0 Å². The van der Waals surface area contributed by atoms with Gasteiger partial charge < -0.3 is 14.8 Å². The van der Waals surface area contributed by atoms with Crippen LogP contribution in [0.25, 0.3) is 11.1 Å². The standard InChI is InChI=1S/C16H16F2N4O2/c17-4-5-24-21-13-8-22(9-13)16-19-6-12(7-20-16)14-3-1-2-11(10-23)15(14)18/h1-3,6-7,23H,4-5,8-10H2. The molecule has 1 N–H and O–H groups in total. The molecule has 0 saturated carbocycles. The molecule has 0 unspecified atom stereocenters. The lowest BCUT2D eigenvalue weighted by atomic mass is 10.1. The van der Waals surface area contributed by atoms with E-state index in [0.29, 0.717) is 30.2 Å². The lowest BCUT2D eigenvalue weighted by Crippen LogP contribution is -2.48. The van der Waals surface area contributed by atoms with Crippen LogP contribution in [0, 0.1) is 5.82 Å². The molecule has 0 spiro atoms. The number of anilines is 1. The van der Waals surface area contributed by atoms with E-state index in [1.165, 1.54) is 18.5 Å². The summed E-state index contributed by atoms with van der Waals surface area (Å²) in [5.74, 6) is 0.0293. The van der Waals surface area contributed by atoms with Crippen molar-refractivity contribution in [2.75, 3.05) is 31.3 Å². The summed E-state index contributed by atoms with van der Waals surface area (Å²) in [6, 6.07) is 4.82. The number of halogens is 2. The first kappa shape index (κ1) is 16.3. The molecule has 1 aromatic heterocycles. The summed E-state index contributed by atoms with van der Waals surface area (Å²) in [6.07, 6.45) is 3.08. The lowest BCUT2D eigenvalue weighted by molar-refractivity contribution is 0.126. The predicted molar refractivity (Wildman–Crippen MR) is 84.9 cm³/mol. The highest BCUT2D eigenvalue weighted by atomic mass is 19.1. The summed E-state index contributed by atoms with van der Waals surface area (Å²) in [5.41, 5.74) is 1.90. The molecule has 0 amide bonds. The number of benzene rings is 1. The van der Waals surface area contributed by atoms with Crippen molar-refractivity contribution < 1.29 is 18.7 Å². The molecule has 1 aromatic carbocycles. The van der Waals surface area contributed by atoms with Gasteiger partial charge in [-0.15, -0.1) is 0 Å². The molecule has 126 valence electrons. The summed E-state index contributed by atoms with van der Waals surface area (Å²) < 4.78 is 26.1. The van der Waals surface area contributed by atoms with Crippen molar-refractivity contribution in [2.24, 2.45) is 5.16 Å². The van der Waals surface area contributed by atoms with Crippen LogP contribution in [0.15, 0.2) is 35.7 Å². The zero-order chi connectivity index (χ0) is 16.9. The summed E-state index contributed by atoms with van der Waals surface area (Å²) in [6.45, 7) is 0.0469. The van der Waals surface area contributed by atoms with Gasteiger partial charge in [-0.1, -0.05) is 23.4 Å². The van der Waals surface area contributed by atoms with Crippen molar-refractivity contribution in [3.05, 3.63) is 42.0 Å². The molecule has 24 heavy (non-hydrogen) atoms. The highest BCUT2D eigenvalue weighted by Gasteiger charge is 2.25. The van der Waals surface area contributed by atoms with E-state index < -0.39 is 12.5 Å². The third kappa shape index (κ3) is 3.33. The third-order valence-corrected chi connectivity index (χ3v) is 3.59. The summed E-state index contributed by atoms with van der Waals surface area (Å²) in [5, 5.41) is 12.9. The van der Waals surface area contributed by atoms with Gasteiger partial charge in [0, 0.05) is 29.1 Å². The molecule has 1 aliphatic heterocycles. The van der Waals surface area contributed by atoms with Crippen LogP contribution < -0.4 is 4.90 Å². The van der Waals surface area contributed by atoms with Gasteiger partial charge >= 0.3 is 0 Å². The van der Waals surface area contributed by atoms with E-state index in [2.05, 4.69) is 15.1 Å². The monoisotopic (exact) mass is 334 g/mol. The van der Waals surface area contributed by atoms with Crippen LogP contribution in [0.4, 0.5) is 14.7 Å². The molecule has 3 rings (SSSR count). The van der Waals surface area contributed by atoms with Gasteiger partial charge in [0.15, 0.2) is 0 Å². The van der Waals surface area contributed by atoms with Gasteiger partial charge in [-0.25, -0.2) is 18.7 Å². The second kappa shape index (κ2) is 7.31. The van der Waals surface area contributed by atoms with Crippen molar-refractivity contribution >= 4 is 11.7 Å². The van der Waals surface area contributed by atoms with Crippen molar-refractivity contribution in [3.8, 4) is 11.1 Å². The molecule has 0 bridgehead atoms. The summed E-state index contributed by atoms with van der Waals surface area (Å²) in [7, 11) is 0. The highest BCUT2D eigenvalue weighted by molar-refractivity contribution is 5.98. The molecule has 0 atom stereocenters. The molecular formula is C16H16F2N4O2. The maximum Gasteiger partial charge on any atom is 0.225 e. The van der Waals surface area contributed by atoms with Crippen LogP contribution in [0.3, 0.4) is 0 Å². The average Bonchev–Trinajstić information content (AvgIpc) is 2.57. The van der Waals surface area contributed by atoms with E-state index in [4.69, 9.17) is 9.94 Å². The molecule has 0 aliphatic carbocycles. The predicted octanol–water partition coefficient (Wildman–Crippen LogP) is 1.94. The van der Waals surface area contributed by atoms with E-state index in [0.717, 1.165) is 5.71 Å². The van der Waals surface area contributed by atoms with Crippen LogP contribution in [-0.4, -0.2) is 47.2 Å². The number of hydrogen-bond donors (Lipinski definition) is 1. The Morgan fingerprint density at radius 1 is 1.25 bits per heavy atom. The Bertz CT molecular complexity index is 729. The van der Waals surface area contributed by atoms with Crippen molar-refractivity contribution in [1.82, 2.24) is 9.97 Å². The Morgan fingerprint density at radius 2 is 2.00 bits per heavy atom. The molecule has 1 saturated heterocycles. The number of rotatable bonds is 6. The van der Waals surface area contributed by atoms with E-state index in [9.17, 15) is 8.78 Å². The van der Waals surface area contributed by atoms with Gasteiger partial charge in [-0.2, -0.15) is 0 Å². The summed E-state index contributed by atoms with van der Waals surface area (Å²) >= 11 is 0. The van der Waals surface area contributed by atoms with E-state index in [1.54, 1.807) is 12.1 Å². The SMILES string of the molecule is OCc1cccc(-c2cnc(N3CC(=NOCCF)C3)nc2)c1F. The van der Waals surface area contributed by atoms with Gasteiger partial charge in [0.2, 0.25) is 5.95 Å². The quantitative estimate of drug-likeness (QED) is 0.646. The maximum absolute atomic E-state index is 14.2. The van der Waals surface area contributed by atoms with E-state index >= 15 is 0 Å². The minimum Gasteiger partial charge on any atom is -0.393 e. The Kier molecular flexibility index (Phi) is 4.95. The van der Waals surface area contributed by atoms with Crippen LogP contribution in [0.5, 0.6) is 0 Å². The number of aliphatic hydroxyl groups excluding tert-OH is 1. The van der Waals surface area contributed by atoms with E-state index in [1.807, 2.05) is 4.90 Å². The Balaban J connectivity index is 1.68. The van der Waals surface area contributed by atoms with Crippen molar-refractivity contribution in [2.45, 2.75) is 6.61 Å². The van der Waals surface area contributed by atoms with Crippen molar-refractivity contribution in [3.63, 3.8) is 0 Å². The molecule has 1 fully saturated rings. The normalized spacial score (nSPS) is 13.6. The Morgan fingerprint density at radius 3 is 2.67 bits per heavy atom. The lowest BCUT2D eigenvalue weighted by Gasteiger charge is -2.31. The first-order valence-corrected chi connectivity index (χ1v) is 7.42. The van der Waals surface area contributed by atoms with E-state index in [-0.39, 0.29) is 18.8 Å². The summed E-state index contributed by atoms with van der Waals surface area (Å²) in [4.78, 5) is 15.1. The first-order chi connectivity index (χ1) is 11.7. The molecule has 2 heterocycles. The molecule has 0 radical (unpaired) electrons. The topological polar surface area (TPSA) is 70.8 Å². The fourth-order valence-electron chi connectivity index (χ4n) is 2.31. The first-order valence-electron chi connectivity index (χ1n) is 7.42. The van der Waals surface area contributed by atoms with Crippen LogP contribution >= 0.6 is 0 Å². The third-order valence-electron chi connectivity index (χ3n) is 3.59. The van der Waals surface area contributed by atoms with Crippen LogP contribution in [0.1, 0.15) is 5.56 Å². The van der Waals surface area contributed by atoms with Gasteiger partial charge in [0.05, 0.1) is 25.4 Å². The molecule has 2 aromatic rings. The van der Waals surface area contributed by atoms with Crippen LogP contribution in [0.2, 0.25) is 0 Å². The molecule has 1 aliphatic rings. The second-order valence-corrected chi connectivity index (χ2v) is 5.24. The Hall–Kier alpha value is -2.61. The number of aromatic nitrogens is 2. The minimum atomic E-state index is -0.570. The number of aliphatic hydroxyl groups is 1. The molecule has 6 nitrogen and oxygen atoms in total. The molecular weight excluding hydrogens is 318 g/mol. The van der Waals surface area contributed by atoms with Gasteiger partial charge in [0.1, 0.15) is 19.1 Å². The Labute approximate surface area is 137 Å². The zero-order valence-corrected chi connectivity index (χ0v) is 12.8. The molecule has 8 heteroatoms. The number of alkyl halides is 1. The van der Waals surface area contributed by atoms with Gasteiger partial charge in [-0.05, 0) is 0 Å². The highest BCUT2D eigenvalue weighted by Crippen LogP contribution is 2.25. The van der Waals surface area contributed by atoms with Gasteiger partial charge in [-0.3, -0.25) is 0 Å². The largest absolute Gasteiger partial charge is 0.393 e. The fraction of sp³-hybridized carbons (Fsp3) is 0.312. The van der Waals surface area contributed by atoms with Crippen LogP contribution in [-0.2, 0) is 11.4 Å². The number of oxime groups is 1. The zero-order valence-electron chi connectivity index (χ0n) is 12.8. The number of hydrogen-bond acceptors (Lipinski definition) is 6.